The Bertz CT molecular complexity index is 1320. The highest BCUT2D eigenvalue weighted by Gasteiger charge is 2.47. The Morgan fingerprint density at radius 2 is 1.79 bits per heavy atom. The van der Waals surface area contributed by atoms with Crippen molar-refractivity contribution in [2.75, 3.05) is 34.8 Å². The smallest absolute Gasteiger partial charge is 0.225 e. The maximum Gasteiger partial charge on any atom is 0.225 e. The minimum Gasteiger partial charge on any atom is -0.369 e. The number of hydrogen-bond acceptors (Lipinski definition) is 8. The van der Waals surface area contributed by atoms with Gasteiger partial charge in [0.15, 0.2) is 15.0 Å². The van der Waals surface area contributed by atoms with Gasteiger partial charge in [-0.15, -0.1) is 0 Å². The van der Waals surface area contributed by atoms with Gasteiger partial charge in [0.1, 0.15) is 5.54 Å². The fourth-order valence-corrected chi connectivity index (χ4v) is 7.90. The van der Waals surface area contributed by atoms with Crippen LogP contribution in [0.1, 0.15) is 70.9 Å². The number of sulfone groups is 1. The summed E-state index contributed by atoms with van der Waals surface area (Å²) in [5.74, 6) is 0.148. The lowest BCUT2D eigenvalue weighted by atomic mass is 9.76. The molecule has 1 aromatic heterocycles. The number of benzene rings is 1. The van der Waals surface area contributed by atoms with Gasteiger partial charge in [0.05, 0.1) is 28.1 Å². The molecule has 1 saturated heterocycles. The molecule has 0 spiro atoms. The van der Waals surface area contributed by atoms with Crippen LogP contribution in [0, 0.1) is 17.2 Å². The van der Waals surface area contributed by atoms with Crippen LogP contribution >= 0.6 is 11.3 Å². The highest BCUT2D eigenvalue weighted by molar-refractivity contribution is 7.91. The molecular formula is C28H37N5O3S2. The summed E-state index contributed by atoms with van der Waals surface area (Å²) in [6, 6.07) is 10.6. The molecule has 2 N–H and O–H groups in total. The maximum absolute atomic E-state index is 13.4. The predicted molar refractivity (Wildman–Crippen MR) is 152 cm³/mol. The van der Waals surface area contributed by atoms with Crippen LogP contribution in [0.2, 0.25) is 0 Å². The molecule has 1 amide bonds. The molecule has 2 aromatic rings. The van der Waals surface area contributed by atoms with Gasteiger partial charge in [0.2, 0.25) is 5.91 Å². The van der Waals surface area contributed by atoms with Gasteiger partial charge in [-0.2, -0.15) is 5.26 Å². The van der Waals surface area contributed by atoms with Gasteiger partial charge < -0.3 is 15.5 Å². The quantitative estimate of drug-likeness (QED) is 0.531. The number of thiazole rings is 1. The zero-order valence-corrected chi connectivity index (χ0v) is 24.1. The summed E-state index contributed by atoms with van der Waals surface area (Å²) in [5, 5.41) is 16.9. The highest BCUT2D eigenvalue weighted by Crippen LogP contribution is 2.46. The number of nitriles is 1. The molecule has 1 aromatic carbocycles. The first-order chi connectivity index (χ1) is 18.0. The standard InChI is InChI=1S/C28H37N5O3S2/c1-27(2,3)32-26-30-23(21-6-4-5-7-22(21)25(34)31-28(18-29)12-13-28)24(37-26)19-8-10-20(11-9-19)33-14-16-38(35,36)17-15-33/h8-11,21-22H,4-7,12-17H2,1-3H3,(H,30,32)(H,31,34)/t21-,22-/m1/s1. The van der Waals surface area contributed by atoms with Crippen LogP contribution in [0.3, 0.4) is 0 Å². The van der Waals surface area contributed by atoms with E-state index in [2.05, 4.69) is 66.6 Å². The first kappa shape index (κ1) is 26.9. The van der Waals surface area contributed by atoms with Crippen molar-refractivity contribution in [1.82, 2.24) is 10.3 Å². The van der Waals surface area contributed by atoms with Crippen LogP contribution in [-0.4, -0.2) is 55.0 Å². The van der Waals surface area contributed by atoms with Gasteiger partial charge in [-0.25, -0.2) is 13.4 Å². The van der Waals surface area contributed by atoms with Crippen molar-refractivity contribution in [2.24, 2.45) is 5.92 Å². The number of aromatic nitrogens is 1. The molecule has 3 aliphatic rings. The van der Waals surface area contributed by atoms with Gasteiger partial charge in [0, 0.05) is 36.2 Å². The summed E-state index contributed by atoms with van der Waals surface area (Å²) in [6.07, 6.45) is 5.19. The molecular weight excluding hydrogens is 518 g/mol. The molecule has 2 atom stereocenters. The van der Waals surface area contributed by atoms with E-state index in [-0.39, 0.29) is 34.8 Å². The van der Waals surface area contributed by atoms with E-state index in [1.807, 2.05) is 0 Å². The number of carbonyl (C=O) groups is 1. The summed E-state index contributed by atoms with van der Waals surface area (Å²) in [4.78, 5) is 21.7. The van der Waals surface area contributed by atoms with Crippen molar-refractivity contribution in [1.29, 1.82) is 5.26 Å². The normalized spacial score (nSPS) is 24.3. The molecule has 0 radical (unpaired) electrons. The number of nitrogens with one attached hydrogen (secondary N) is 2. The Labute approximate surface area is 229 Å². The molecule has 3 fully saturated rings. The third-order valence-electron chi connectivity index (χ3n) is 7.75. The van der Waals surface area contributed by atoms with E-state index in [0.717, 1.165) is 65.5 Å². The minimum atomic E-state index is -2.93. The molecule has 38 heavy (non-hydrogen) atoms. The van der Waals surface area contributed by atoms with E-state index in [9.17, 15) is 18.5 Å². The Kier molecular flexibility index (Phi) is 7.20. The number of nitrogens with zero attached hydrogens (tertiary/aromatic N) is 3. The van der Waals surface area contributed by atoms with E-state index >= 15 is 0 Å². The van der Waals surface area contributed by atoms with Gasteiger partial charge in [-0.1, -0.05) is 36.3 Å². The number of rotatable bonds is 6. The van der Waals surface area contributed by atoms with Crippen LogP contribution in [-0.2, 0) is 14.6 Å². The average Bonchev–Trinajstić information content (AvgIpc) is 3.53. The summed E-state index contributed by atoms with van der Waals surface area (Å²) in [7, 11) is -2.93. The average molecular weight is 556 g/mol. The van der Waals surface area contributed by atoms with Gasteiger partial charge in [-0.3, -0.25) is 4.79 Å². The number of amides is 1. The zero-order valence-electron chi connectivity index (χ0n) is 22.4. The first-order valence-electron chi connectivity index (χ1n) is 13.6. The molecule has 8 nitrogen and oxygen atoms in total. The maximum atomic E-state index is 13.4. The lowest BCUT2D eigenvalue weighted by molar-refractivity contribution is -0.127. The number of anilines is 2. The molecule has 2 saturated carbocycles. The van der Waals surface area contributed by atoms with E-state index in [1.54, 1.807) is 11.3 Å². The van der Waals surface area contributed by atoms with E-state index in [1.165, 1.54) is 0 Å². The van der Waals surface area contributed by atoms with Crippen molar-refractivity contribution < 1.29 is 13.2 Å². The fourth-order valence-electron chi connectivity index (χ4n) is 5.45. The van der Waals surface area contributed by atoms with Gasteiger partial charge in [-0.05, 0) is 64.2 Å². The van der Waals surface area contributed by atoms with Crippen LogP contribution in [0.15, 0.2) is 24.3 Å². The van der Waals surface area contributed by atoms with Gasteiger partial charge in [0.25, 0.3) is 0 Å². The van der Waals surface area contributed by atoms with E-state index in [0.29, 0.717) is 13.1 Å². The molecule has 1 aliphatic heterocycles. The molecule has 2 heterocycles. The third-order valence-corrected chi connectivity index (χ3v) is 10.4. The second kappa shape index (κ2) is 10.2. The Hall–Kier alpha value is -2.64. The third kappa shape index (κ3) is 5.99. The second-order valence-corrected chi connectivity index (χ2v) is 15.3. The SMILES string of the molecule is CC(C)(C)Nc1nc([C@@H]2CCCC[C@H]2C(=O)NC2(C#N)CC2)c(-c2ccc(N3CCS(=O)(=O)CC3)cc2)s1. The van der Waals surface area contributed by atoms with Crippen LogP contribution in [0.25, 0.3) is 10.4 Å². The Morgan fingerprint density at radius 3 is 2.39 bits per heavy atom. The second-order valence-electron chi connectivity index (χ2n) is 12.0. The summed E-state index contributed by atoms with van der Waals surface area (Å²) < 4.78 is 23.7. The molecule has 10 heteroatoms. The monoisotopic (exact) mass is 555 g/mol. The molecule has 204 valence electrons. The van der Waals surface area contributed by atoms with Crippen molar-refractivity contribution in [3.05, 3.63) is 30.0 Å². The minimum absolute atomic E-state index is 0.00742. The molecule has 5 rings (SSSR count). The van der Waals surface area contributed by atoms with Crippen molar-refractivity contribution in [3.63, 3.8) is 0 Å². The molecule has 0 unspecified atom stereocenters. The van der Waals surface area contributed by atoms with Gasteiger partial charge >= 0.3 is 0 Å². The van der Waals surface area contributed by atoms with Crippen molar-refractivity contribution >= 4 is 37.9 Å². The largest absolute Gasteiger partial charge is 0.369 e. The lowest BCUT2D eigenvalue weighted by Gasteiger charge is -2.31. The predicted octanol–water partition coefficient (Wildman–Crippen LogP) is 4.70. The summed E-state index contributed by atoms with van der Waals surface area (Å²) in [5.41, 5.74) is 2.20. The lowest BCUT2D eigenvalue weighted by Crippen LogP contribution is -2.42. The van der Waals surface area contributed by atoms with E-state index < -0.39 is 15.4 Å². The summed E-state index contributed by atoms with van der Waals surface area (Å²) in [6.45, 7) is 7.34. The van der Waals surface area contributed by atoms with Crippen LogP contribution < -0.4 is 15.5 Å². The summed E-state index contributed by atoms with van der Waals surface area (Å²) >= 11 is 1.62. The Morgan fingerprint density at radius 1 is 1.13 bits per heavy atom. The van der Waals surface area contributed by atoms with Crippen molar-refractivity contribution in [3.8, 4) is 16.5 Å². The molecule has 0 bridgehead atoms. The highest BCUT2D eigenvalue weighted by atomic mass is 32.2. The van der Waals surface area contributed by atoms with Crippen LogP contribution in [0.4, 0.5) is 10.8 Å². The molecule has 2 aliphatic carbocycles. The van der Waals surface area contributed by atoms with Crippen LogP contribution in [0.5, 0.6) is 0 Å². The number of carbonyl (C=O) groups excluding carboxylic acids is 1. The first-order valence-corrected chi connectivity index (χ1v) is 16.2. The zero-order chi connectivity index (χ0) is 27.1. The Balaban J connectivity index is 1.45. The number of hydrogen-bond donors (Lipinski definition) is 2. The van der Waals surface area contributed by atoms with Crippen molar-refractivity contribution in [2.45, 2.75) is 76.3 Å². The van der Waals surface area contributed by atoms with E-state index in [4.69, 9.17) is 4.98 Å². The topological polar surface area (TPSA) is 115 Å². The fraction of sp³-hybridized carbons (Fsp3) is 0.607.